The van der Waals surface area contributed by atoms with E-state index in [2.05, 4.69) is 22.5 Å². The number of amides is 2. The first kappa shape index (κ1) is 19.9. The second-order valence-corrected chi connectivity index (χ2v) is 5.50. The van der Waals surface area contributed by atoms with Crippen molar-refractivity contribution in [3.8, 4) is 17.6 Å². The summed E-state index contributed by atoms with van der Waals surface area (Å²) in [6.45, 7) is 2.07. The highest BCUT2D eigenvalue weighted by molar-refractivity contribution is 5.90. The van der Waals surface area contributed by atoms with Gasteiger partial charge in [-0.05, 0) is 55.5 Å². The van der Waals surface area contributed by atoms with Crippen molar-refractivity contribution in [2.75, 3.05) is 24.4 Å². The fraction of sp³-hybridized carbons (Fsp3) is 0.238. The van der Waals surface area contributed by atoms with Crippen molar-refractivity contribution < 1.29 is 19.1 Å². The molecule has 0 atom stereocenters. The van der Waals surface area contributed by atoms with Crippen LogP contribution >= 0.6 is 0 Å². The largest absolute Gasteiger partial charge is 0.497 e. The van der Waals surface area contributed by atoms with Crippen molar-refractivity contribution in [1.29, 1.82) is 0 Å². The van der Waals surface area contributed by atoms with Crippen molar-refractivity contribution in [2.24, 2.45) is 0 Å². The van der Waals surface area contributed by atoms with Crippen LogP contribution in [-0.4, -0.2) is 25.7 Å². The van der Waals surface area contributed by atoms with Gasteiger partial charge in [-0.2, -0.15) is 0 Å². The van der Waals surface area contributed by atoms with E-state index in [0.717, 1.165) is 17.0 Å². The van der Waals surface area contributed by atoms with Crippen LogP contribution in [-0.2, 0) is 9.53 Å². The molecule has 0 fully saturated rings. The molecular weight excluding hydrogens is 344 g/mol. The Labute approximate surface area is 158 Å². The standard InChI is InChI=1S/C21H22N2O4/c1-3-27-21(25)23-18-10-8-16(9-11-18)6-4-5-7-20(24)22-17-12-14-19(26-2)15-13-17/h8-15H,3,5,7H2,1-2H3,(H,22,24)(H,23,25). The number of methoxy groups -OCH3 is 1. The lowest BCUT2D eigenvalue weighted by Crippen LogP contribution is -2.13. The van der Waals surface area contributed by atoms with Gasteiger partial charge in [0.15, 0.2) is 0 Å². The van der Waals surface area contributed by atoms with Gasteiger partial charge < -0.3 is 14.8 Å². The highest BCUT2D eigenvalue weighted by atomic mass is 16.5. The van der Waals surface area contributed by atoms with E-state index in [1.54, 1.807) is 62.6 Å². The normalized spacial score (nSPS) is 9.56. The van der Waals surface area contributed by atoms with Crippen LogP contribution in [0, 0.1) is 11.8 Å². The summed E-state index contributed by atoms with van der Waals surface area (Å²) in [5.41, 5.74) is 2.16. The number of hydrogen-bond acceptors (Lipinski definition) is 4. The zero-order valence-corrected chi connectivity index (χ0v) is 15.4. The topological polar surface area (TPSA) is 76.7 Å². The molecule has 0 saturated carbocycles. The van der Waals surface area contributed by atoms with Gasteiger partial charge in [-0.15, -0.1) is 0 Å². The van der Waals surface area contributed by atoms with Crippen LogP contribution in [0.15, 0.2) is 48.5 Å². The minimum atomic E-state index is -0.487. The first-order valence-corrected chi connectivity index (χ1v) is 8.57. The molecule has 2 amide bonds. The van der Waals surface area contributed by atoms with Crippen LogP contribution in [0.3, 0.4) is 0 Å². The van der Waals surface area contributed by atoms with Crippen LogP contribution in [0.1, 0.15) is 25.3 Å². The molecule has 0 unspecified atom stereocenters. The lowest BCUT2D eigenvalue weighted by Gasteiger charge is -2.05. The van der Waals surface area contributed by atoms with Crippen LogP contribution in [0.5, 0.6) is 5.75 Å². The monoisotopic (exact) mass is 366 g/mol. The van der Waals surface area contributed by atoms with E-state index in [0.29, 0.717) is 25.1 Å². The zero-order chi connectivity index (χ0) is 19.5. The third-order valence-corrected chi connectivity index (χ3v) is 3.49. The van der Waals surface area contributed by atoms with Gasteiger partial charge >= 0.3 is 6.09 Å². The van der Waals surface area contributed by atoms with Crippen molar-refractivity contribution >= 4 is 23.4 Å². The molecule has 2 N–H and O–H groups in total. The molecule has 0 saturated heterocycles. The number of ether oxygens (including phenoxy) is 2. The number of rotatable bonds is 6. The van der Waals surface area contributed by atoms with Crippen LogP contribution in [0.4, 0.5) is 16.2 Å². The molecule has 2 aromatic rings. The predicted molar refractivity (Wildman–Crippen MR) is 105 cm³/mol. The molecule has 140 valence electrons. The highest BCUT2D eigenvalue weighted by Crippen LogP contribution is 2.15. The Morgan fingerprint density at radius 3 is 2.22 bits per heavy atom. The Morgan fingerprint density at radius 2 is 1.59 bits per heavy atom. The predicted octanol–water partition coefficient (Wildman–Crippen LogP) is 4.03. The second kappa shape index (κ2) is 10.5. The highest BCUT2D eigenvalue weighted by Gasteiger charge is 2.02. The molecule has 0 aliphatic carbocycles. The molecule has 2 rings (SSSR count). The summed E-state index contributed by atoms with van der Waals surface area (Å²) in [6.07, 6.45) is 0.269. The molecule has 0 aliphatic rings. The van der Waals surface area contributed by atoms with E-state index >= 15 is 0 Å². The average molecular weight is 366 g/mol. The van der Waals surface area contributed by atoms with E-state index in [-0.39, 0.29) is 5.91 Å². The van der Waals surface area contributed by atoms with Gasteiger partial charge in [0.25, 0.3) is 0 Å². The van der Waals surface area contributed by atoms with E-state index < -0.39 is 6.09 Å². The molecule has 0 radical (unpaired) electrons. The van der Waals surface area contributed by atoms with E-state index in [1.165, 1.54) is 0 Å². The number of hydrogen-bond donors (Lipinski definition) is 2. The van der Waals surface area contributed by atoms with Gasteiger partial charge in [0.1, 0.15) is 5.75 Å². The van der Waals surface area contributed by atoms with Gasteiger partial charge in [0.2, 0.25) is 5.91 Å². The smallest absolute Gasteiger partial charge is 0.411 e. The van der Waals surface area contributed by atoms with Crippen LogP contribution in [0.25, 0.3) is 0 Å². The first-order valence-electron chi connectivity index (χ1n) is 8.57. The Morgan fingerprint density at radius 1 is 0.963 bits per heavy atom. The summed E-state index contributed by atoms with van der Waals surface area (Å²) < 4.78 is 9.88. The van der Waals surface area contributed by atoms with Gasteiger partial charge in [0.05, 0.1) is 13.7 Å². The van der Waals surface area contributed by atoms with Gasteiger partial charge in [-0.25, -0.2) is 4.79 Å². The third kappa shape index (κ3) is 7.12. The molecular formula is C21H22N2O4. The number of carbonyl (C=O) groups excluding carboxylic acids is 2. The van der Waals surface area contributed by atoms with Gasteiger partial charge in [-0.1, -0.05) is 11.8 Å². The Hall–Kier alpha value is -3.46. The molecule has 27 heavy (non-hydrogen) atoms. The molecule has 0 heterocycles. The van der Waals surface area contributed by atoms with E-state index in [4.69, 9.17) is 9.47 Å². The van der Waals surface area contributed by atoms with Gasteiger partial charge in [0, 0.05) is 29.8 Å². The zero-order valence-electron chi connectivity index (χ0n) is 15.4. The Balaban J connectivity index is 1.77. The third-order valence-electron chi connectivity index (χ3n) is 3.49. The van der Waals surface area contributed by atoms with Crippen molar-refractivity contribution in [2.45, 2.75) is 19.8 Å². The Bertz CT molecular complexity index is 818. The maximum Gasteiger partial charge on any atom is 0.411 e. The molecule has 0 aliphatic heterocycles. The summed E-state index contributed by atoms with van der Waals surface area (Å²) in [4.78, 5) is 23.2. The summed E-state index contributed by atoms with van der Waals surface area (Å²) in [6, 6.07) is 14.2. The lowest BCUT2D eigenvalue weighted by molar-refractivity contribution is -0.116. The minimum Gasteiger partial charge on any atom is -0.497 e. The first-order chi connectivity index (χ1) is 13.1. The van der Waals surface area contributed by atoms with E-state index in [1.807, 2.05) is 0 Å². The fourth-order valence-corrected chi connectivity index (χ4v) is 2.16. The average Bonchev–Trinajstić information content (AvgIpc) is 2.67. The van der Waals surface area contributed by atoms with Crippen LogP contribution in [0.2, 0.25) is 0 Å². The maximum atomic E-state index is 11.9. The summed E-state index contributed by atoms with van der Waals surface area (Å²) in [5.74, 6) is 6.61. The number of nitrogens with one attached hydrogen (secondary N) is 2. The maximum absolute atomic E-state index is 11.9. The van der Waals surface area contributed by atoms with Crippen LogP contribution < -0.4 is 15.4 Å². The number of anilines is 2. The lowest BCUT2D eigenvalue weighted by atomic mass is 10.2. The second-order valence-electron chi connectivity index (χ2n) is 5.50. The van der Waals surface area contributed by atoms with E-state index in [9.17, 15) is 9.59 Å². The molecule has 0 spiro atoms. The Kier molecular flexibility index (Phi) is 7.73. The summed E-state index contributed by atoms with van der Waals surface area (Å²) in [7, 11) is 1.59. The van der Waals surface area contributed by atoms with Gasteiger partial charge in [-0.3, -0.25) is 10.1 Å². The number of benzene rings is 2. The summed E-state index contributed by atoms with van der Waals surface area (Å²) >= 11 is 0. The number of carbonyl (C=O) groups is 2. The minimum absolute atomic E-state index is 0.0940. The molecule has 0 bridgehead atoms. The molecule has 2 aromatic carbocycles. The molecule has 0 aromatic heterocycles. The van der Waals surface area contributed by atoms with Crippen molar-refractivity contribution in [1.82, 2.24) is 0 Å². The summed E-state index contributed by atoms with van der Waals surface area (Å²) in [5, 5.41) is 5.43. The SMILES string of the molecule is CCOC(=O)Nc1ccc(C#CCCC(=O)Nc2ccc(OC)cc2)cc1. The fourth-order valence-electron chi connectivity index (χ4n) is 2.16. The molecule has 6 nitrogen and oxygen atoms in total. The molecule has 6 heteroatoms. The quantitative estimate of drug-likeness (QED) is 0.757. The van der Waals surface area contributed by atoms with Crippen molar-refractivity contribution in [3.63, 3.8) is 0 Å². The van der Waals surface area contributed by atoms with Crippen molar-refractivity contribution in [3.05, 3.63) is 54.1 Å².